The number of hydrogen-bond acceptors (Lipinski definition) is 7. The molecule has 3 rings (SSSR count). The molecule has 0 spiro atoms. The number of anilines is 1. The number of sulfonamides is 1. The van der Waals surface area contributed by atoms with Crippen LogP contribution in [0.25, 0.3) is 0 Å². The normalized spacial score (nSPS) is 14.7. The van der Waals surface area contributed by atoms with Crippen molar-refractivity contribution in [2.24, 2.45) is 5.10 Å². The number of hydrogen-bond donors (Lipinski definition) is 2. The van der Waals surface area contributed by atoms with E-state index in [2.05, 4.69) is 20.1 Å². The van der Waals surface area contributed by atoms with Crippen LogP contribution < -0.4 is 10.1 Å². The fourth-order valence-corrected chi connectivity index (χ4v) is 4.27. The number of hydrazone groups is 1. The summed E-state index contributed by atoms with van der Waals surface area (Å²) in [6, 6.07) is 11.6. The summed E-state index contributed by atoms with van der Waals surface area (Å²) < 4.78 is 27.7. The van der Waals surface area contributed by atoms with Gasteiger partial charge in [-0.1, -0.05) is 24.3 Å². The molecule has 0 aliphatic carbocycles. The van der Waals surface area contributed by atoms with E-state index in [1.165, 1.54) is 30.3 Å². The smallest absolute Gasteiger partial charge is 0.275 e. The van der Waals surface area contributed by atoms with Crippen LogP contribution in [0.15, 0.2) is 58.5 Å². The van der Waals surface area contributed by atoms with Gasteiger partial charge in [0.1, 0.15) is 0 Å². The molecule has 1 heterocycles. The monoisotopic (exact) mass is 445 g/mol. The van der Waals surface area contributed by atoms with Gasteiger partial charge in [0.05, 0.1) is 27.5 Å². The van der Waals surface area contributed by atoms with Gasteiger partial charge in [-0.15, -0.1) is 0 Å². The molecule has 0 radical (unpaired) electrons. The molecule has 2 N–H and O–H groups in total. The van der Waals surface area contributed by atoms with E-state index in [9.17, 15) is 23.3 Å². The van der Waals surface area contributed by atoms with Gasteiger partial charge in [0.2, 0.25) is 5.91 Å². The Morgan fingerprint density at radius 3 is 2.45 bits per heavy atom. The number of likely N-dealkylation sites (tertiary alicyclic amines) is 1. The number of nitrogens with one attached hydrogen (secondary N) is 2. The van der Waals surface area contributed by atoms with Crippen LogP contribution in [0.2, 0.25) is 0 Å². The SMILES string of the molecule is CN1CCC(=NNC(=O)Cc2c(NS(=O)(=O)c3ccccc3)cccc2[N+](=O)[O-])CC1. The van der Waals surface area contributed by atoms with Gasteiger partial charge in [-0.05, 0) is 25.2 Å². The van der Waals surface area contributed by atoms with Crippen LogP contribution in [0.3, 0.4) is 0 Å². The highest BCUT2D eigenvalue weighted by Crippen LogP contribution is 2.29. The molecule has 0 saturated carbocycles. The highest BCUT2D eigenvalue weighted by atomic mass is 32.2. The first-order chi connectivity index (χ1) is 14.8. The zero-order valence-corrected chi connectivity index (χ0v) is 17.8. The van der Waals surface area contributed by atoms with Gasteiger partial charge in [-0.2, -0.15) is 5.10 Å². The second kappa shape index (κ2) is 9.67. The Morgan fingerprint density at radius 1 is 1.13 bits per heavy atom. The van der Waals surface area contributed by atoms with Crippen LogP contribution in [-0.4, -0.2) is 50.0 Å². The predicted molar refractivity (Wildman–Crippen MR) is 116 cm³/mol. The number of benzene rings is 2. The Bertz CT molecular complexity index is 1090. The summed E-state index contributed by atoms with van der Waals surface area (Å²) in [5.74, 6) is -0.569. The van der Waals surface area contributed by atoms with E-state index in [0.717, 1.165) is 31.6 Å². The molecule has 0 bridgehead atoms. The zero-order chi connectivity index (χ0) is 22.4. The summed E-state index contributed by atoms with van der Waals surface area (Å²) in [7, 11) is -1.98. The number of amides is 1. The van der Waals surface area contributed by atoms with Crippen molar-refractivity contribution in [2.45, 2.75) is 24.2 Å². The van der Waals surface area contributed by atoms with Gasteiger partial charge >= 0.3 is 0 Å². The van der Waals surface area contributed by atoms with Crippen molar-refractivity contribution in [2.75, 3.05) is 24.9 Å². The lowest BCUT2D eigenvalue weighted by molar-refractivity contribution is -0.385. The van der Waals surface area contributed by atoms with E-state index in [4.69, 9.17) is 0 Å². The summed E-state index contributed by atoms with van der Waals surface area (Å²) in [4.78, 5) is 25.5. The first kappa shape index (κ1) is 22.4. The molecule has 0 atom stereocenters. The Balaban J connectivity index is 1.82. The predicted octanol–water partition coefficient (Wildman–Crippen LogP) is 2.14. The Morgan fingerprint density at radius 2 is 1.81 bits per heavy atom. The summed E-state index contributed by atoms with van der Waals surface area (Å²) in [5.41, 5.74) is 2.87. The van der Waals surface area contributed by atoms with E-state index >= 15 is 0 Å². The van der Waals surface area contributed by atoms with E-state index in [0.29, 0.717) is 0 Å². The van der Waals surface area contributed by atoms with Gasteiger partial charge in [-0.3, -0.25) is 19.6 Å². The van der Waals surface area contributed by atoms with E-state index in [1.807, 2.05) is 7.05 Å². The van der Waals surface area contributed by atoms with Gasteiger partial charge in [0, 0.05) is 37.7 Å². The van der Waals surface area contributed by atoms with Gasteiger partial charge < -0.3 is 4.90 Å². The summed E-state index contributed by atoms with van der Waals surface area (Å²) >= 11 is 0. The van der Waals surface area contributed by atoms with E-state index in [1.54, 1.807) is 18.2 Å². The fourth-order valence-electron chi connectivity index (χ4n) is 3.16. The van der Waals surface area contributed by atoms with Crippen LogP contribution in [0.1, 0.15) is 18.4 Å². The van der Waals surface area contributed by atoms with Crippen molar-refractivity contribution >= 4 is 33.0 Å². The lowest BCUT2D eigenvalue weighted by Gasteiger charge is -2.22. The molecule has 11 heteroatoms. The molecule has 164 valence electrons. The molecule has 1 aliphatic heterocycles. The van der Waals surface area contributed by atoms with Crippen molar-refractivity contribution in [3.8, 4) is 0 Å². The van der Waals surface area contributed by atoms with Crippen molar-refractivity contribution in [3.63, 3.8) is 0 Å². The average molecular weight is 446 g/mol. The van der Waals surface area contributed by atoms with Crippen molar-refractivity contribution in [1.29, 1.82) is 0 Å². The Labute approximate surface area is 180 Å². The van der Waals surface area contributed by atoms with Gasteiger partial charge in [0.25, 0.3) is 15.7 Å². The van der Waals surface area contributed by atoms with Crippen molar-refractivity contribution in [3.05, 3.63) is 64.2 Å². The van der Waals surface area contributed by atoms with E-state index in [-0.39, 0.29) is 21.8 Å². The van der Waals surface area contributed by atoms with Crippen molar-refractivity contribution in [1.82, 2.24) is 10.3 Å². The molecule has 1 amide bonds. The maximum Gasteiger partial charge on any atom is 0.275 e. The average Bonchev–Trinajstić information content (AvgIpc) is 2.75. The fraction of sp³-hybridized carbons (Fsp3) is 0.300. The van der Waals surface area contributed by atoms with Gasteiger partial charge in [0.15, 0.2) is 0 Å². The van der Waals surface area contributed by atoms with Crippen LogP contribution >= 0.6 is 0 Å². The number of rotatable bonds is 7. The minimum atomic E-state index is -3.99. The molecule has 2 aromatic rings. The van der Waals surface area contributed by atoms with Crippen LogP contribution in [-0.2, 0) is 21.2 Å². The highest BCUT2D eigenvalue weighted by Gasteiger charge is 2.24. The first-order valence-electron chi connectivity index (χ1n) is 9.63. The molecular weight excluding hydrogens is 422 g/mol. The summed E-state index contributed by atoms with van der Waals surface area (Å²) in [6.45, 7) is 1.68. The molecule has 10 nitrogen and oxygen atoms in total. The Kier molecular flexibility index (Phi) is 6.98. The second-order valence-electron chi connectivity index (χ2n) is 7.17. The number of carbonyl (C=O) groups is 1. The number of piperidine rings is 1. The number of nitro groups is 1. The molecule has 2 aromatic carbocycles. The molecule has 0 aromatic heterocycles. The number of nitro benzene ring substituents is 1. The third-order valence-electron chi connectivity index (χ3n) is 4.89. The Hall–Kier alpha value is -3.31. The molecule has 31 heavy (non-hydrogen) atoms. The lowest BCUT2D eigenvalue weighted by Crippen LogP contribution is -2.32. The highest BCUT2D eigenvalue weighted by molar-refractivity contribution is 7.92. The molecule has 0 unspecified atom stereocenters. The van der Waals surface area contributed by atoms with Crippen molar-refractivity contribution < 1.29 is 18.1 Å². The zero-order valence-electron chi connectivity index (χ0n) is 16.9. The number of carbonyl (C=O) groups excluding carboxylic acids is 1. The maximum atomic E-state index is 12.7. The topological polar surface area (TPSA) is 134 Å². The molecule has 1 fully saturated rings. The third-order valence-corrected chi connectivity index (χ3v) is 6.27. The second-order valence-corrected chi connectivity index (χ2v) is 8.85. The van der Waals surface area contributed by atoms with Crippen LogP contribution in [0.5, 0.6) is 0 Å². The van der Waals surface area contributed by atoms with Crippen LogP contribution in [0.4, 0.5) is 11.4 Å². The van der Waals surface area contributed by atoms with E-state index < -0.39 is 27.3 Å². The first-order valence-corrected chi connectivity index (χ1v) is 11.1. The minimum Gasteiger partial charge on any atom is -0.306 e. The quantitative estimate of drug-likeness (QED) is 0.495. The summed E-state index contributed by atoms with van der Waals surface area (Å²) in [6.07, 6.45) is 1.05. The molecule has 1 aliphatic rings. The summed E-state index contributed by atoms with van der Waals surface area (Å²) in [5, 5.41) is 15.6. The van der Waals surface area contributed by atoms with Crippen LogP contribution in [0, 0.1) is 10.1 Å². The van der Waals surface area contributed by atoms with Gasteiger partial charge in [-0.25, -0.2) is 13.8 Å². The lowest BCUT2D eigenvalue weighted by atomic mass is 10.1. The number of nitrogens with zero attached hydrogens (tertiary/aromatic N) is 3. The molecule has 1 saturated heterocycles. The minimum absolute atomic E-state index is 0.00516. The molecular formula is C20H23N5O5S. The maximum absolute atomic E-state index is 12.7. The third kappa shape index (κ3) is 5.86. The largest absolute Gasteiger partial charge is 0.306 e. The standard InChI is InChI=1S/C20H23N5O5S/c1-24-12-10-15(11-13-24)21-22-20(26)14-17-18(8-5-9-19(17)25(27)28)23-31(29,30)16-6-3-2-4-7-16/h2-9,23H,10-14H2,1H3,(H,22,26).